The van der Waals surface area contributed by atoms with Crippen molar-refractivity contribution in [2.75, 3.05) is 6.61 Å². The molecular formula is C23H21NO2. The summed E-state index contributed by atoms with van der Waals surface area (Å²) in [4.78, 5) is 12.2. The Morgan fingerprint density at radius 3 is 1.85 bits per heavy atom. The topological polar surface area (TPSA) is 38.3 Å². The highest BCUT2D eigenvalue weighted by Crippen LogP contribution is 2.40. The SMILES string of the molecule is O=C1COC(c2ccccc2)(c2ccccc2)[C@@H](Cc2ccccc2)N1. The lowest BCUT2D eigenvalue weighted by molar-refractivity contribution is -0.147. The van der Waals surface area contributed by atoms with Crippen LogP contribution < -0.4 is 5.32 Å². The second kappa shape index (κ2) is 7.14. The number of morpholine rings is 1. The summed E-state index contributed by atoms with van der Waals surface area (Å²) in [6.45, 7) is 0.0507. The van der Waals surface area contributed by atoms with E-state index in [2.05, 4.69) is 41.7 Å². The third-order valence-corrected chi connectivity index (χ3v) is 4.94. The van der Waals surface area contributed by atoms with Crippen molar-refractivity contribution in [2.24, 2.45) is 0 Å². The van der Waals surface area contributed by atoms with Crippen LogP contribution in [0.5, 0.6) is 0 Å². The van der Waals surface area contributed by atoms with Gasteiger partial charge < -0.3 is 10.1 Å². The number of amides is 1. The van der Waals surface area contributed by atoms with E-state index in [-0.39, 0.29) is 18.6 Å². The third kappa shape index (κ3) is 3.02. The van der Waals surface area contributed by atoms with Crippen LogP contribution in [0, 0.1) is 0 Å². The number of nitrogens with one attached hydrogen (secondary N) is 1. The Morgan fingerprint density at radius 1 is 0.808 bits per heavy atom. The van der Waals surface area contributed by atoms with Crippen molar-refractivity contribution < 1.29 is 9.53 Å². The van der Waals surface area contributed by atoms with Crippen LogP contribution in [0.25, 0.3) is 0 Å². The van der Waals surface area contributed by atoms with Crippen molar-refractivity contribution >= 4 is 5.91 Å². The Bertz CT molecular complexity index is 823. The molecule has 1 saturated heterocycles. The fourth-order valence-electron chi connectivity index (χ4n) is 3.77. The van der Waals surface area contributed by atoms with Gasteiger partial charge in [-0.1, -0.05) is 91.0 Å². The largest absolute Gasteiger partial charge is 0.354 e. The molecule has 3 aromatic rings. The van der Waals surface area contributed by atoms with E-state index in [0.717, 1.165) is 11.1 Å². The van der Waals surface area contributed by atoms with Gasteiger partial charge in [0.25, 0.3) is 0 Å². The first-order valence-electron chi connectivity index (χ1n) is 8.87. The summed E-state index contributed by atoms with van der Waals surface area (Å²) < 4.78 is 6.32. The molecule has 0 aromatic heterocycles. The minimum absolute atomic E-state index is 0.0507. The van der Waals surface area contributed by atoms with E-state index in [4.69, 9.17) is 4.74 Å². The number of carbonyl (C=O) groups excluding carboxylic acids is 1. The van der Waals surface area contributed by atoms with E-state index in [1.807, 2.05) is 54.6 Å². The molecule has 0 saturated carbocycles. The van der Waals surface area contributed by atoms with Crippen LogP contribution in [-0.4, -0.2) is 18.6 Å². The fourth-order valence-corrected chi connectivity index (χ4v) is 3.77. The van der Waals surface area contributed by atoms with E-state index in [0.29, 0.717) is 6.42 Å². The van der Waals surface area contributed by atoms with Crippen LogP contribution in [0.1, 0.15) is 16.7 Å². The lowest BCUT2D eigenvalue weighted by Crippen LogP contribution is -2.59. The van der Waals surface area contributed by atoms with Gasteiger partial charge in [-0.2, -0.15) is 0 Å². The molecule has 4 rings (SSSR count). The third-order valence-electron chi connectivity index (χ3n) is 4.94. The molecule has 1 fully saturated rings. The van der Waals surface area contributed by atoms with Crippen LogP contribution in [0.3, 0.4) is 0 Å². The molecule has 26 heavy (non-hydrogen) atoms. The number of hydrogen-bond acceptors (Lipinski definition) is 2. The highest BCUT2D eigenvalue weighted by atomic mass is 16.5. The molecule has 0 unspecified atom stereocenters. The number of benzene rings is 3. The van der Waals surface area contributed by atoms with Crippen molar-refractivity contribution in [3.8, 4) is 0 Å². The predicted octanol–water partition coefficient (Wildman–Crippen LogP) is 3.69. The maximum absolute atomic E-state index is 12.2. The molecule has 1 amide bonds. The number of rotatable bonds is 4. The molecule has 3 nitrogen and oxygen atoms in total. The van der Waals surface area contributed by atoms with Gasteiger partial charge in [0.05, 0.1) is 6.04 Å². The zero-order valence-electron chi connectivity index (χ0n) is 14.5. The summed E-state index contributed by atoms with van der Waals surface area (Å²) in [7, 11) is 0. The molecule has 130 valence electrons. The Labute approximate surface area is 153 Å². The molecule has 1 aliphatic heterocycles. The second-order valence-electron chi connectivity index (χ2n) is 6.57. The van der Waals surface area contributed by atoms with E-state index < -0.39 is 5.60 Å². The number of ether oxygens (including phenoxy) is 1. The van der Waals surface area contributed by atoms with Crippen molar-refractivity contribution in [1.29, 1.82) is 0 Å². The zero-order valence-corrected chi connectivity index (χ0v) is 14.5. The number of hydrogen-bond donors (Lipinski definition) is 1. The van der Waals surface area contributed by atoms with Crippen molar-refractivity contribution in [2.45, 2.75) is 18.1 Å². The fraction of sp³-hybridized carbons (Fsp3) is 0.174. The van der Waals surface area contributed by atoms with E-state index in [1.165, 1.54) is 5.56 Å². The van der Waals surface area contributed by atoms with E-state index in [1.54, 1.807) is 0 Å². The smallest absolute Gasteiger partial charge is 0.246 e. The van der Waals surface area contributed by atoms with Crippen molar-refractivity contribution in [3.05, 3.63) is 108 Å². The Balaban J connectivity index is 1.85. The van der Waals surface area contributed by atoms with Gasteiger partial charge in [-0.05, 0) is 23.1 Å². The first kappa shape index (κ1) is 16.6. The molecule has 1 heterocycles. The molecule has 0 radical (unpaired) electrons. The highest BCUT2D eigenvalue weighted by molar-refractivity contribution is 5.79. The lowest BCUT2D eigenvalue weighted by atomic mass is 9.76. The highest BCUT2D eigenvalue weighted by Gasteiger charge is 2.47. The van der Waals surface area contributed by atoms with Gasteiger partial charge in [0.2, 0.25) is 5.91 Å². The molecule has 0 aliphatic carbocycles. The summed E-state index contributed by atoms with van der Waals surface area (Å²) in [6, 6.07) is 30.3. The van der Waals surface area contributed by atoms with Crippen LogP contribution in [0.2, 0.25) is 0 Å². The van der Waals surface area contributed by atoms with Crippen LogP contribution in [0.15, 0.2) is 91.0 Å². The lowest BCUT2D eigenvalue weighted by Gasteiger charge is -2.45. The summed E-state index contributed by atoms with van der Waals surface area (Å²) in [5.41, 5.74) is 2.55. The maximum atomic E-state index is 12.2. The maximum Gasteiger partial charge on any atom is 0.246 e. The first-order valence-corrected chi connectivity index (χ1v) is 8.87. The minimum Gasteiger partial charge on any atom is -0.354 e. The van der Waals surface area contributed by atoms with Gasteiger partial charge in [0.15, 0.2) is 0 Å². The Hall–Kier alpha value is -2.91. The van der Waals surface area contributed by atoms with E-state index >= 15 is 0 Å². The molecule has 0 spiro atoms. The first-order chi connectivity index (χ1) is 12.8. The van der Waals surface area contributed by atoms with Crippen molar-refractivity contribution in [3.63, 3.8) is 0 Å². The summed E-state index contributed by atoms with van der Waals surface area (Å²) in [6.07, 6.45) is 0.691. The number of carbonyl (C=O) groups is 1. The molecule has 1 atom stereocenters. The molecule has 0 bridgehead atoms. The molecule has 3 aromatic carbocycles. The van der Waals surface area contributed by atoms with Crippen LogP contribution >= 0.6 is 0 Å². The predicted molar refractivity (Wildman–Crippen MR) is 102 cm³/mol. The molecule has 3 heteroatoms. The average molecular weight is 343 g/mol. The molecule has 1 aliphatic rings. The summed E-state index contributed by atoms with van der Waals surface area (Å²) >= 11 is 0. The Kier molecular flexibility index (Phi) is 4.55. The van der Waals surface area contributed by atoms with Crippen molar-refractivity contribution in [1.82, 2.24) is 5.32 Å². The zero-order chi connectivity index (χ0) is 17.8. The summed E-state index contributed by atoms with van der Waals surface area (Å²) in [5, 5.41) is 3.19. The van der Waals surface area contributed by atoms with E-state index in [9.17, 15) is 4.79 Å². The van der Waals surface area contributed by atoms with Gasteiger partial charge in [0.1, 0.15) is 12.2 Å². The van der Waals surface area contributed by atoms with Gasteiger partial charge in [-0.3, -0.25) is 4.79 Å². The van der Waals surface area contributed by atoms with Gasteiger partial charge >= 0.3 is 0 Å². The minimum atomic E-state index is -0.716. The quantitative estimate of drug-likeness (QED) is 0.785. The molecule has 1 N–H and O–H groups in total. The second-order valence-corrected chi connectivity index (χ2v) is 6.57. The van der Waals surface area contributed by atoms with Gasteiger partial charge in [0, 0.05) is 0 Å². The average Bonchev–Trinajstić information content (AvgIpc) is 2.71. The Morgan fingerprint density at radius 2 is 1.31 bits per heavy atom. The monoisotopic (exact) mass is 343 g/mol. The van der Waals surface area contributed by atoms with Crippen LogP contribution in [-0.2, 0) is 21.6 Å². The standard InChI is InChI=1S/C23H21NO2/c25-22-17-26-23(19-12-6-2-7-13-19,20-14-8-3-9-15-20)21(24-22)16-18-10-4-1-5-11-18/h1-15,21H,16-17H2,(H,24,25)/t21-/m1/s1. The van der Waals surface area contributed by atoms with Crippen LogP contribution in [0.4, 0.5) is 0 Å². The summed E-state index contributed by atoms with van der Waals surface area (Å²) in [5.74, 6) is -0.0755. The normalized spacial score (nSPS) is 18.9. The van der Waals surface area contributed by atoms with Gasteiger partial charge in [-0.15, -0.1) is 0 Å². The van der Waals surface area contributed by atoms with Gasteiger partial charge in [-0.25, -0.2) is 0 Å². The molecular weight excluding hydrogens is 322 g/mol.